The molecule has 0 unspecified atom stereocenters. The number of halogens is 3. The maximum absolute atomic E-state index is 14.4. The smallest absolute Gasteiger partial charge is 0.387 e. The maximum Gasteiger partial charge on any atom is 0.387 e. The molecule has 3 aromatic rings. The van der Waals surface area contributed by atoms with Crippen molar-refractivity contribution in [3.05, 3.63) is 48.5 Å². The summed E-state index contributed by atoms with van der Waals surface area (Å²) in [4.78, 5) is 10.4. The van der Waals surface area contributed by atoms with Crippen molar-refractivity contribution in [2.24, 2.45) is 0 Å². The van der Waals surface area contributed by atoms with Crippen LogP contribution < -0.4 is 15.0 Å². The zero-order valence-electron chi connectivity index (χ0n) is 17.4. The van der Waals surface area contributed by atoms with Crippen LogP contribution in [-0.2, 0) is 4.74 Å². The highest BCUT2D eigenvalue weighted by molar-refractivity contribution is 5.67. The van der Waals surface area contributed by atoms with Gasteiger partial charge in [0.15, 0.2) is 17.5 Å². The number of morpholine rings is 1. The van der Waals surface area contributed by atoms with E-state index in [1.807, 2.05) is 18.7 Å². The standard InChI is InChI=1S/C21H21F3N6O2/c1-21(2)12-30(7-8-31-21)20-25-11-16(22)18(28-20)27-17-9-14(10-26-29-17)13-3-5-15(6-4-13)32-19(23)24/h3-6,9-11,19H,7-8,12H2,1-2H3,(H,25,27,28,29). The first-order chi connectivity index (χ1) is 15.3. The topological polar surface area (TPSA) is 85.3 Å². The molecule has 1 aliphatic heterocycles. The molecule has 4 rings (SSSR count). The fourth-order valence-corrected chi connectivity index (χ4v) is 3.32. The molecular formula is C21H21F3N6O2. The minimum atomic E-state index is -2.89. The van der Waals surface area contributed by atoms with Crippen LogP contribution in [0.2, 0.25) is 0 Å². The Hall–Kier alpha value is -3.47. The molecule has 1 aliphatic rings. The largest absolute Gasteiger partial charge is 0.435 e. The average Bonchev–Trinajstić information content (AvgIpc) is 2.75. The van der Waals surface area contributed by atoms with Crippen LogP contribution in [-0.4, -0.2) is 52.1 Å². The van der Waals surface area contributed by atoms with E-state index in [0.29, 0.717) is 36.8 Å². The van der Waals surface area contributed by atoms with Crippen LogP contribution in [0.3, 0.4) is 0 Å². The third-order valence-corrected chi connectivity index (χ3v) is 4.75. The predicted molar refractivity (Wildman–Crippen MR) is 112 cm³/mol. The lowest BCUT2D eigenvalue weighted by Gasteiger charge is -2.38. The summed E-state index contributed by atoms with van der Waals surface area (Å²) in [5.74, 6) is 0.0182. The van der Waals surface area contributed by atoms with Gasteiger partial charge in [0.2, 0.25) is 5.95 Å². The number of benzene rings is 1. The van der Waals surface area contributed by atoms with E-state index in [1.165, 1.54) is 18.3 Å². The Morgan fingerprint density at radius 3 is 2.66 bits per heavy atom. The fourth-order valence-electron chi connectivity index (χ4n) is 3.32. The highest BCUT2D eigenvalue weighted by Gasteiger charge is 2.29. The van der Waals surface area contributed by atoms with Gasteiger partial charge in [-0.05, 0) is 37.6 Å². The third-order valence-electron chi connectivity index (χ3n) is 4.75. The lowest BCUT2D eigenvalue weighted by atomic mass is 10.1. The number of hydrogen-bond donors (Lipinski definition) is 1. The van der Waals surface area contributed by atoms with Crippen molar-refractivity contribution in [1.29, 1.82) is 0 Å². The summed E-state index contributed by atoms with van der Waals surface area (Å²) in [6, 6.07) is 7.73. The number of nitrogens with one attached hydrogen (secondary N) is 1. The van der Waals surface area contributed by atoms with Crippen molar-refractivity contribution in [3.8, 4) is 16.9 Å². The van der Waals surface area contributed by atoms with Crippen LogP contribution in [0, 0.1) is 5.82 Å². The highest BCUT2D eigenvalue weighted by atomic mass is 19.3. The summed E-state index contributed by atoms with van der Waals surface area (Å²) < 4.78 is 49.1. The molecule has 0 aliphatic carbocycles. The maximum atomic E-state index is 14.4. The van der Waals surface area contributed by atoms with Crippen LogP contribution in [0.15, 0.2) is 42.7 Å². The monoisotopic (exact) mass is 446 g/mol. The first-order valence-electron chi connectivity index (χ1n) is 9.85. The number of hydrogen-bond acceptors (Lipinski definition) is 8. The van der Waals surface area contributed by atoms with Crippen LogP contribution in [0.4, 0.5) is 30.8 Å². The van der Waals surface area contributed by atoms with Gasteiger partial charge >= 0.3 is 6.61 Å². The van der Waals surface area contributed by atoms with E-state index in [-0.39, 0.29) is 23.0 Å². The molecule has 3 heterocycles. The van der Waals surface area contributed by atoms with Gasteiger partial charge in [-0.15, -0.1) is 5.10 Å². The highest BCUT2D eigenvalue weighted by Crippen LogP contribution is 2.26. The van der Waals surface area contributed by atoms with E-state index >= 15 is 0 Å². The lowest BCUT2D eigenvalue weighted by Crippen LogP contribution is -2.49. The molecule has 32 heavy (non-hydrogen) atoms. The second-order valence-corrected chi connectivity index (χ2v) is 7.75. The summed E-state index contributed by atoms with van der Waals surface area (Å²) in [6.07, 6.45) is 2.61. The molecule has 0 atom stereocenters. The summed E-state index contributed by atoms with van der Waals surface area (Å²) in [5, 5.41) is 10.7. The lowest BCUT2D eigenvalue weighted by molar-refractivity contribution is -0.0498. The van der Waals surface area contributed by atoms with Crippen molar-refractivity contribution < 1.29 is 22.6 Å². The van der Waals surface area contributed by atoms with Crippen molar-refractivity contribution >= 4 is 17.6 Å². The number of anilines is 3. The minimum absolute atomic E-state index is 0.0357. The molecule has 0 radical (unpaired) electrons. The second kappa shape index (κ2) is 8.95. The number of alkyl halides is 2. The van der Waals surface area contributed by atoms with Crippen LogP contribution in [0.25, 0.3) is 11.1 Å². The molecule has 2 aromatic heterocycles. The first kappa shape index (κ1) is 21.8. The molecule has 1 N–H and O–H groups in total. The molecule has 168 valence electrons. The Bertz CT molecular complexity index is 1080. The van der Waals surface area contributed by atoms with E-state index in [2.05, 4.69) is 30.2 Å². The quantitative estimate of drug-likeness (QED) is 0.608. The van der Waals surface area contributed by atoms with Gasteiger partial charge in [-0.3, -0.25) is 0 Å². The van der Waals surface area contributed by atoms with Gasteiger partial charge in [0, 0.05) is 18.7 Å². The fraction of sp³-hybridized carbons (Fsp3) is 0.333. The van der Waals surface area contributed by atoms with Gasteiger partial charge in [-0.1, -0.05) is 12.1 Å². The Kier molecular flexibility index (Phi) is 6.08. The number of nitrogens with zero attached hydrogens (tertiary/aromatic N) is 5. The van der Waals surface area contributed by atoms with Crippen LogP contribution in [0.1, 0.15) is 13.8 Å². The van der Waals surface area contributed by atoms with Crippen LogP contribution in [0.5, 0.6) is 5.75 Å². The summed E-state index contributed by atoms with van der Waals surface area (Å²) in [6.45, 7) is 2.72. The average molecular weight is 446 g/mol. The first-order valence-corrected chi connectivity index (χ1v) is 9.85. The van der Waals surface area contributed by atoms with E-state index in [0.717, 1.165) is 6.20 Å². The summed E-state index contributed by atoms with van der Waals surface area (Å²) in [7, 11) is 0. The molecule has 0 amide bonds. The molecule has 1 fully saturated rings. The van der Waals surface area contributed by atoms with Gasteiger partial charge < -0.3 is 19.7 Å². The molecule has 0 saturated carbocycles. The van der Waals surface area contributed by atoms with E-state index in [4.69, 9.17) is 4.74 Å². The predicted octanol–water partition coefficient (Wildman–Crippen LogP) is 4.03. The van der Waals surface area contributed by atoms with Crippen molar-refractivity contribution in [1.82, 2.24) is 20.2 Å². The SMILES string of the molecule is CC1(C)CN(c2ncc(F)c(Nc3cc(-c4ccc(OC(F)F)cc4)cnn3)n2)CCO1. The Labute approximate surface area is 182 Å². The minimum Gasteiger partial charge on any atom is -0.435 e. The van der Waals surface area contributed by atoms with Gasteiger partial charge in [-0.25, -0.2) is 9.37 Å². The molecule has 0 bridgehead atoms. The van der Waals surface area contributed by atoms with Crippen LogP contribution >= 0.6 is 0 Å². The molecule has 11 heteroatoms. The van der Waals surface area contributed by atoms with Gasteiger partial charge in [0.1, 0.15) is 5.75 Å². The number of aromatic nitrogens is 4. The second-order valence-electron chi connectivity index (χ2n) is 7.75. The molecule has 0 spiro atoms. The van der Waals surface area contributed by atoms with Crippen molar-refractivity contribution in [2.45, 2.75) is 26.1 Å². The summed E-state index contributed by atoms with van der Waals surface area (Å²) in [5.41, 5.74) is 0.985. The van der Waals surface area contributed by atoms with E-state index in [1.54, 1.807) is 18.2 Å². The third kappa shape index (κ3) is 5.22. The van der Waals surface area contributed by atoms with E-state index < -0.39 is 12.4 Å². The number of rotatable bonds is 6. The normalized spacial score (nSPS) is 15.6. The van der Waals surface area contributed by atoms with Crippen molar-refractivity contribution in [3.63, 3.8) is 0 Å². The van der Waals surface area contributed by atoms with E-state index in [9.17, 15) is 13.2 Å². The zero-order chi connectivity index (χ0) is 22.7. The van der Waals surface area contributed by atoms with Gasteiger partial charge in [-0.2, -0.15) is 18.9 Å². The van der Waals surface area contributed by atoms with Gasteiger partial charge in [0.05, 0.1) is 24.6 Å². The molecule has 1 saturated heterocycles. The molecular weight excluding hydrogens is 425 g/mol. The Morgan fingerprint density at radius 1 is 1.16 bits per heavy atom. The zero-order valence-corrected chi connectivity index (χ0v) is 17.4. The summed E-state index contributed by atoms with van der Waals surface area (Å²) >= 11 is 0. The molecule has 8 nitrogen and oxygen atoms in total. The Morgan fingerprint density at radius 2 is 1.94 bits per heavy atom. The van der Waals surface area contributed by atoms with Gasteiger partial charge in [0.25, 0.3) is 0 Å². The van der Waals surface area contributed by atoms with Crippen molar-refractivity contribution in [2.75, 3.05) is 29.9 Å². The molecule has 1 aromatic carbocycles. The Balaban J connectivity index is 1.53. The number of ether oxygens (including phenoxy) is 2.